The maximum atomic E-state index is 13.2. The van der Waals surface area contributed by atoms with Gasteiger partial charge in [0.05, 0.1) is 0 Å². The monoisotopic (exact) mass is 509 g/mol. The minimum absolute atomic E-state index is 0.0877. The summed E-state index contributed by atoms with van der Waals surface area (Å²) in [6.45, 7) is 1.55. The van der Waals surface area contributed by atoms with Crippen LogP contribution in [-0.2, 0) is 32.0 Å². The van der Waals surface area contributed by atoms with Crippen molar-refractivity contribution in [2.45, 2.75) is 50.7 Å². The summed E-state index contributed by atoms with van der Waals surface area (Å²) in [4.78, 5) is 54.2. The number of carbonyl (C=O) groups is 4. The Labute approximate surface area is 216 Å². The standard InChI is InChI=1S/C26H35N7O4/c1-17(34)31-22(16-19-11-6-3-7-12-19)25(37)32-20(13-8-14-30-26(28)29)24(36)33-21(23(27)35)15-18-9-4-2-5-10-18/h2-7,9-12,20-22H,8,13-16H2,1H3,(H2,27,35)(H,31,34)(H,32,37)(H,33,36)(H4,28,29,30). The lowest BCUT2D eigenvalue weighted by atomic mass is 10.0. The number of nitrogens with one attached hydrogen (secondary N) is 3. The van der Waals surface area contributed by atoms with E-state index in [2.05, 4.69) is 20.9 Å². The number of benzene rings is 2. The van der Waals surface area contributed by atoms with Crippen molar-refractivity contribution < 1.29 is 19.2 Å². The number of hydrogen-bond donors (Lipinski definition) is 6. The zero-order valence-corrected chi connectivity index (χ0v) is 20.9. The third-order valence-corrected chi connectivity index (χ3v) is 5.50. The number of rotatable bonds is 14. The molecule has 0 fully saturated rings. The second kappa shape index (κ2) is 14.9. The van der Waals surface area contributed by atoms with Crippen LogP contribution in [-0.4, -0.2) is 54.3 Å². The van der Waals surface area contributed by atoms with Gasteiger partial charge in [0.15, 0.2) is 5.96 Å². The van der Waals surface area contributed by atoms with Crippen LogP contribution in [0.4, 0.5) is 0 Å². The summed E-state index contributed by atoms with van der Waals surface area (Å²) in [5.41, 5.74) is 17.9. The van der Waals surface area contributed by atoms with E-state index >= 15 is 0 Å². The molecule has 4 amide bonds. The van der Waals surface area contributed by atoms with Gasteiger partial charge in [0.1, 0.15) is 18.1 Å². The van der Waals surface area contributed by atoms with Gasteiger partial charge >= 0.3 is 0 Å². The normalized spacial score (nSPS) is 12.9. The van der Waals surface area contributed by atoms with Crippen molar-refractivity contribution in [3.63, 3.8) is 0 Å². The molecule has 0 radical (unpaired) electrons. The average Bonchev–Trinajstić information content (AvgIpc) is 2.85. The molecule has 0 aliphatic carbocycles. The highest BCUT2D eigenvalue weighted by molar-refractivity contribution is 5.94. The van der Waals surface area contributed by atoms with Gasteiger partial charge in [0, 0.05) is 26.3 Å². The second-order valence-electron chi connectivity index (χ2n) is 8.61. The lowest BCUT2D eigenvalue weighted by Crippen LogP contribution is -2.57. The molecule has 0 saturated carbocycles. The molecule has 9 N–H and O–H groups in total. The topological polar surface area (TPSA) is 195 Å². The van der Waals surface area contributed by atoms with Crippen LogP contribution in [0.2, 0.25) is 0 Å². The number of guanidine groups is 1. The first-order valence-corrected chi connectivity index (χ1v) is 12.0. The summed E-state index contributed by atoms with van der Waals surface area (Å²) in [5, 5.41) is 7.99. The first-order chi connectivity index (χ1) is 17.7. The van der Waals surface area contributed by atoms with Gasteiger partial charge in [-0.15, -0.1) is 0 Å². The zero-order valence-electron chi connectivity index (χ0n) is 20.9. The molecule has 3 unspecified atom stereocenters. The molecule has 0 aromatic heterocycles. The van der Waals surface area contributed by atoms with Crippen molar-refractivity contribution >= 4 is 29.6 Å². The van der Waals surface area contributed by atoms with E-state index in [-0.39, 0.29) is 37.7 Å². The molecule has 2 aromatic rings. The summed E-state index contributed by atoms with van der Waals surface area (Å²) < 4.78 is 0. The summed E-state index contributed by atoms with van der Waals surface area (Å²) in [6.07, 6.45) is 0.981. The molecule has 2 aromatic carbocycles. The predicted molar refractivity (Wildman–Crippen MR) is 141 cm³/mol. The predicted octanol–water partition coefficient (Wildman–Crippen LogP) is -0.515. The Morgan fingerprint density at radius 3 is 1.70 bits per heavy atom. The maximum Gasteiger partial charge on any atom is 0.243 e. The summed E-state index contributed by atoms with van der Waals surface area (Å²) >= 11 is 0. The highest BCUT2D eigenvalue weighted by Gasteiger charge is 2.28. The first kappa shape index (κ1) is 28.8. The van der Waals surface area contributed by atoms with Gasteiger partial charge < -0.3 is 33.2 Å². The molecule has 0 saturated heterocycles. The molecule has 11 heteroatoms. The van der Waals surface area contributed by atoms with Gasteiger partial charge in [-0.2, -0.15) is 0 Å². The van der Waals surface area contributed by atoms with Crippen LogP contribution in [0.3, 0.4) is 0 Å². The number of aliphatic imine (C=N–C) groups is 1. The second-order valence-corrected chi connectivity index (χ2v) is 8.61. The van der Waals surface area contributed by atoms with Crippen molar-refractivity contribution in [2.24, 2.45) is 22.2 Å². The van der Waals surface area contributed by atoms with E-state index in [4.69, 9.17) is 17.2 Å². The smallest absolute Gasteiger partial charge is 0.243 e. The van der Waals surface area contributed by atoms with Crippen molar-refractivity contribution in [3.05, 3.63) is 71.8 Å². The first-order valence-electron chi connectivity index (χ1n) is 12.0. The molecule has 3 atom stereocenters. The van der Waals surface area contributed by atoms with Gasteiger partial charge in [0.25, 0.3) is 0 Å². The van der Waals surface area contributed by atoms with Crippen LogP contribution in [0.1, 0.15) is 30.9 Å². The van der Waals surface area contributed by atoms with Crippen LogP contribution in [0.25, 0.3) is 0 Å². The van der Waals surface area contributed by atoms with Crippen molar-refractivity contribution in [3.8, 4) is 0 Å². The summed E-state index contributed by atoms with van der Waals surface area (Å²) in [5.74, 6) is -2.31. The molecular weight excluding hydrogens is 474 g/mol. The molecule has 0 aliphatic rings. The highest BCUT2D eigenvalue weighted by Crippen LogP contribution is 2.08. The number of primary amides is 1. The van der Waals surface area contributed by atoms with Gasteiger partial charge in [-0.05, 0) is 24.0 Å². The SMILES string of the molecule is CC(=O)NC(Cc1ccccc1)C(=O)NC(CCCN=C(N)N)C(=O)NC(Cc1ccccc1)C(N)=O. The number of nitrogens with zero attached hydrogens (tertiary/aromatic N) is 1. The number of carbonyl (C=O) groups excluding carboxylic acids is 4. The molecule has 198 valence electrons. The number of amides is 4. The molecule has 0 bridgehead atoms. The molecule has 0 aliphatic heterocycles. The largest absolute Gasteiger partial charge is 0.370 e. The Bertz CT molecular complexity index is 1070. The summed E-state index contributed by atoms with van der Waals surface area (Å²) in [6, 6.07) is 15.4. The van der Waals surface area contributed by atoms with E-state index in [9.17, 15) is 19.2 Å². The van der Waals surface area contributed by atoms with Crippen LogP contribution < -0.4 is 33.2 Å². The molecule has 37 heavy (non-hydrogen) atoms. The van der Waals surface area contributed by atoms with Crippen molar-refractivity contribution in [1.29, 1.82) is 0 Å². The van der Waals surface area contributed by atoms with Gasteiger partial charge in [-0.1, -0.05) is 60.7 Å². The van der Waals surface area contributed by atoms with Crippen LogP contribution >= 0.6 is 0 Å². The molecule has 2 rings (SSSR count). The fourth-order valence-corrected chi connectivity index (χ4v) is 3.69. The Morgan fingerprint density at radius 1 is 0.730 bits per heavy atom. The van der Waals surface area contributed by atoms with Gasteiger partial charge in [-0.25, -0.2) is 0 Å². The highest BCUT2D eigenvalue weighted by atomic mass is 16.2. The fraction of sp³-hybridized carbons (Fsp3) is 0.346. The van der Waals surface area contributed by atoms with E-state index in [0.717, 1.165) is 11.1 Å². The van der Waals surface area contributed by atoms with E-state index < -0.39 is 35.8 Å². The molecule has 0 spiro atoms. The van der Waals surface area contributed by atoms with Crippen molar-refractivity contribution in [2.75, 3.05) is 6.54 Å². The number of hydrogen-bond acceptors (Lipinski definition) is 5. The Kier molecular flexibility index (Phi) is 11.6. The Balaban J connectivity index is 2.18. The molecule has 0 heterocycles. The average molecular weight is 510 g/mol. The third kappa shape index (κ3) is 10.8. The third-order valence-electron chi connectivity index (χ3n) is 5.50. The van der Waals surface area contributed by atoms with E-state index in [1.807, 2.05) is 60.7 Å². The Hall–Kier alpha value is -4.41. The molecule has 11 nitrogen and oxygen atoms in total. The summed E-state index contributed by atoms with van der Waals surface area (Å²) in [7, 11) is 0. The van der Waals surface area contributed by atoms with Crippen molar-refractivity contribution in [1.82, 2.24) is 16.0 Å². The Morgan fingerprint density at radius 2 is 1.22 bits per heavy atom. The van der Waals surface area contributed by atoms with E-state index in [1.165, 1.54) is 6.92 Å². The lowest BCUT2D eigenvalue weighted by Gasteiger charge is -2.25. The van der Waals surface area contributed by atoms with Crippen LogP contribution in [0.15, 0.2) is 65.7 Å². The quantitative estimate of drug-likeness (QED) is 0.113. The zero-order chi connectivity index (χ0) is 27.2. The van der Waals surface area contributed by atoms with E-state index in [1.54, 1.807) is 0 Å². The van der Waals surface area contributed by atoms with Crippen LogP contribution in [0.5, 0.6) is 0 Å². The number of nitrogens with two attached hydrogens (primary N) is 3. The van der Waals surface area contributed by atoms with Crippen LogP contribution in [0, 0.1) is 0 Å². The minimum Gasteiger partial charge on any atom is -0.370 e. The fourth-order valence-electron chi connectivity index (χ4n) is 3.69. The molecular formula is C26H35N7O4. The van der Waals surface area contributed by atoms with Gasteiger partial charge in [0.2, 0.25) is 23.6 Å². The minimum atomic E-state index is -1.02. The van der Waals surface area contributed by atoms with E-state index in [0.29, 0.717) is 6.42 Å². The van der Waals surface area contributed by atoms with Gasteiger partial charge in [-0.3, -0.25) is 24.2 Å². The lowest BCUT2D eigenvalue weighted by molar-refractivity contribution is -0.133. The maximum absolute atomic E-state index is 13.2.